The fourth-order valence-electron chi connectivity index (χ4n) is 1.41. The average molecular weight is 244 g/mol. The van der Waals surface area contributed by atoms with Gasteiger partial charge in [-0.15, -0.1) is 0 Å². The Kier molecular flexibility index (Phi) is 3.52. The van der Waals surface area contributed by atoms with Crippen molar-refractivity contribution in [3.63, 3.8) is 0 Å². The van der Waals surface area contributed by atoms with Gasteiger partial charge in [0, 0.05) is 11.8 Å². The van der Waals surface area contributed by atoms with Crippen molar-refractivity contribution in [1.29, 1.82) is 0 Å². The van der Waals surface area contributed by atoms with Crippen LogP contribution in [-0.4, -0.2) is 21.0 Å². The molecule has 0 saturated heterocycles. The minimum Gasteiger partial charge on any atom is -0.478 e. The maximum atomic E-state index is 10.7. The van der Waals surface area contributed by atoms with E-state index in [1.807, 2.05) is 6.92 Å². The molecule has 92 valence electrons. The van der Waals surface area contributed by atoms with Crippen molar-refractivity contribution in [2.75, 3.05) is 0 Å². The van der Waals surface area contributed by atoms with Gasteiger partial charge in [0.1, 0.15) is 12.1 Å². The molecule has 1 N–H and O–H groups in total. The number of hydrogen-bond donors (Lipinski definition) is 1. The third kappa shape index (κ3) is 2.82. The molecule has 0 aliphatic carbocycles. The van der Waals surface area contributed by atoms with E-state index in [9.17, 15) is 4.79 Å². The second-order valence-electron chi connectivity index (χ2n) is 3.63. The van der Waals surface area contributed by atoms with Gasteiger partial charge in [0.25, 0.3) is 0 Å². The van der Waals surface area contributed by atoms with Gasteiger partial charge in [-0.1, -0.05) is 6.92 Å². The number of hydrogen-bond acceptors (Lipinski definition) is 4. The Morgan fingerprint density at radius 1 is 1.28 bits per heavy atom. The second kappa shape index (κ2) is 5.27. The number of carboxylic acids is 1. The lowest BCUT2D eigenvalue weighted by molar-refractivity contribution is 0.0697. The van der Waals surface area contributed by atoms with E-state index >= 15 is 0 Å². The summed E-state index contributed by atoms with van der Waals surface area (Å²) >= 11 is 0. The normalized spacial score (nSPS) is 10.1. The van der Waals surface area contributed by atoms with Gasteiger partial charge < -0.3 is 9.84 Å². The molecule has 0 fully saturated rings. The topological polar surface area (TPSA) is 72.3 Å². The molecule has 0 amide bonds. The molecular weight excluding hydrogens is 232 g/mol. The van der Waals surface area contributed by atoms with Crippen LogP contribution in [0.3, 0.4) is 0 Å². The quantitative estimate of drug-likeness (QED) is 0.894. The van der Waals surface area contributed by atoms with E-state index in [-0.39, 0.29) is 5.56 Å². The Morgan fingerprint density at radius 2 is 2.00 bits per heavy atom. The molecule has 0 aliphatic heterocycles. The van der Waals surface area contributed by atoms with E-state index < -0.39 is 5.97 Å². The summed E-state index contributed by atoms with van der Waals surface area (Å²) in [6.45, 7) is 1.99. The number of nitrogens with zero attached hydrogens (tertiary/aromatic N) is 2. The van der Waals surface area contributed by atoms with Gasteiger partial charge in [0.2, 0.25) is 5.88 Å². The third-order valence-corrected chi connectivity index (χ3v) is 2.38. The van der Waals surface area contributed by atoms with Crippen LogP contribution in [0.4, 0.5) is 0 Å². The maximum Gasteiger partial charge on any atom is 0.335 e. The number of carbonyl (C=O) groups is 1. The molecular formula is C13H12N2O3. The molecule has 1 aromatic carbocycles. The zero-order valence-corrected chi connectivity index (χ0v) is 9.83. The number of benzene rings is 1. The Morgan fingerprint density at radius 3 is 2.61 bits per heavy atom. The van der Waals surface area contributed by atoms with Crippen LogP contribution >= 0.6 is 0 Å². The van der Waals surface area contributed by atoms with Crippen LogP contribution in [0.25, 0.3) is 0 Å². The molecule has 0 spiro atoms. The van der Waals surface area contributed by atoms with E-state index in [1.165, 1.54) is 18.5 Å². The van der Waals surface area contributed by atoms with Crippen LogP contribution < -0.4 is 4.74 Å². The fraction of sp³-hybridized carbons (Fsp3) is 0.154. The van der Waals surface area contributed by atoms with E-state index in [1.54, 1.807) is 18.2 Å². The average Bonchev–Trinajstić information content (AvgIpc) is 2.39. The summed E-state index contributed by atoms with van der Waals surface area (Å²) in [6.07, 6.45) is 2.25. The molecule has 1 aromatic heterocycles. The van der Waals surface area contributed by atoms with Crippen molar-refractivity contribution in [3.05, 3.63) is 47.9 Å². The van der Waals surface area contributed by atoms with Crippen LogP contribution in [0.5, 0.6) is 11.6 Å². The summed E-state index contributed by atoms with van der Waals surface area (Å²) in [7, 11) is 0. The lowest BCUT2D eigenvalue weighted by Gasteiger charge is -2.05. The smallest absolute Gasteiger partial charge is 0.335 e. The highest BCUT2D eigenvalue weighted by molar-refractivity contribution is 5.87. The number of rotatable bonds is 4. The minimum absolute atomic E-state index is 0.222. The largest absolute Gasteiger partial charge is 0.478 e. The molecule has 0 unspecified atom stereocenters. The van der Waals surface area contributed by atoms with Crippen molar-refractivity contribution in [2.45, 2.75) is 13.3 Å². The molecule has 2 aromatic rings. The monoisotopic (exact) mass is 244 g/mol. The van der Waals surface area contributed by atoms with Crippen LogP contribution in [0.15, 0.2) is 36.7 Å². The first-order valence-corrected chi connectivity index (χ1v) is 5.51. The van der Waals surface area contributed by atoms with Gasteiger partial charge in [-0.2, -0.15) is 0 Å². The lowest BCUT2D eigenvalue weighted by Crippen LogP contribution is -1.96. The zero-order chi connectivity index (χ0) is 13.0. The predicted molar refractivity (Wildman–Crippen MR) is 64.9 cm³/mol. The molecule has 1 heterocycles. The Labute approximate surface area is 104 Å². The number of aromatic carboxylic acids is 1. The van der Waals surface area contributed by atoms with Crippen LogP contribution in [-0.2, 0) is 6.42 Å². The van der Waals surface area contributed by atoms with Crippen molar-refractivity contribution < 1.29 is 14.6 Å². The molecule has 0 saturated carbocycles. The van der Waals surface area contributed by atoms with Crippen LogP contribution in [0.2, 0.25) is 0 Å². The van der Waals surface area contributed by atoms with Gasteiger partial charge in [0.15, 0.2) is 0 Å². The molecule has 5 nitrogen and oxygen atoms in total. The second-order valence-corrected chi connectivity index (χ2v) is 3.63. The summed E-state index contributed by atoms with van der Waals surface area (Å²) in [6, 6.07) is 7.92. The fourth-order valence-corrected chi connectivity index (χ4v) is 1.41. The SMILES string of the molecule is CCc1cc(Oc2ccc(C(=O)O)cc2)ncn1. The Hall–Kier alpha value is -2.43. The van der Waals surface area contributed by atoms with E-state index in [4.69, 9.17) is 9.84 Å². The first kappa shape index (κ1) is 12.0. The number of aryl methyl sites for hydroxylation is 1. The number of aromatic nitrogens is 2. The van der Waals surface area contributed by atoms with Gasteiger partial charge in [-0.05, 0) is 30.7 Å². The molecule has 2 rings (SSSR count). The first-order chi connectivity index (χ1) is 8.69. The van der Waals surface area contributed by atoms with E-state index in [0.717, 1.165) is 12.1 Å². The predicted octanol–water partition coefficient (Wildman–Crippen LogP) is 2.53. The molecule has 5 heteroatoms. The molecule has 0 radical (unpaired) electrons. The van der Waals surface area contributed by atoms with Gasteiger partial charge >= 0.3 is 5.97 Å². The highest BCUT2D eigenvalue weighted by atomic mass is 16.5. The number of carboxylic acid groups (broad SMARTS) is 1. The van der Waals surface area contributed by atoms with Crippen molar-refractivity contribution in [3.8, 4) is 11.6 Å². The summed E-state index contributed by atoms with van der Waals surface area (Å²) < 4.78 is 5.51. The summed E-state index contributed by atoms with van der Waals surface area (Å²) in [5.41, 5.74) is 1.11. The zero-order valence-electron chi connectivity index (χ0n) is 9.83. The molecule has 0 atom stereocenters. The molecule has 18 heavy (non-hydrogen) atoms. The van der Waals surface area contributed by atoms with Gasteiger partial charge in [0.05, 0.1) is 5.56 Å². The van der Waals surface area contributed by atoms with E-state index in [2.05, 4.69) is 9.97 Å². The summed E-state index contributed by atoms with van der Waals surface area (Å²) in [5.74, 6) is 0.0301. The summed E-state index contributed by atoms with van der Waals surface area (Å²) in [4.78, 5) is 18.8. The third-order valence-electron chi connectivity index (χ3n) is 2.38. The van der Waals surface area contributed by atoms with Gasteiger partial charge in [-0.25, -0.2) is 14.8 Å². The minimum atomic E-state index is -0.961. The molecule has 0 bridgehead atoms. The first-order valence-electron chi connectivity index (χ1n) is 5.51. The van der Waals surface area contributed by atoms with Crippen molar-refractivity contribution in [1.82, 2.24) is 9.97 Å². The Bertz CT molecular complexity index is 552. The summed E-state index contributed by atoms with van der Waals surface area (Å²) in [5, 5.41) is 8.77. The van der Waals surface area contributed by atoms with E-state index in [0.29, 0.717) is 11.6 Å². The van der Waals surface area contributed by atoms with Crippen molar-refractivity contribution >= 4 is 5.97 Å². The Balaban J connectivity index is 2.15. The van der Waals surface area contributed by atoms with Crippen LogP contribution in [0.1, 0.15) is 23.0 Å². The van der Waals surface area contributed by atoms with Crippen LogP contribution in [0, 0.1) is 0 Å². The molecule has 0 aliphatic rings. The van der Waals surface area contributed by atoms with Crippen molar-refractivity contribution in [2.24, 2.45) is 0 Å². The standard InChI is InChI=1S/C13H12N2O3/c1-2-10-7-12(15-8-14-10)18-11-5-3-9(4-6-11)13(16)17/h3-8H,2H2,1H3,(H,16,17). The number of ether oxygens (including phenoxy) is 1. The van der Waals surface area contributed by atoms with Gasteiger partial charge in [-0.3, -0.25) is 0 Å². The lowest BCUT2D eigenvalue weighted by atomic mass is 10.2. The maximum absolute atomic E-state index is 10.7. The highest BCUT2D eigenvalue weighted by Crippen LogP contribution is 2.19. The highest BCUT2D eigenvalue weighted by Gasteiger charge is 2.04.